The summed E-state index contributed by atoms with van der Waals surface area (Å²) in [6.07, 6.45) is 0. The van der Waals surface area contributed by atoms with Gasteiger partial charge < -0.3 is 24.7 Å². The highest BCUT2D eigenvalue weighted by Crippen LogP contribution is 2.34. The number of urea groups is 1. The van der Waals surface area contributed by atoms with Crippen LogP contribution in [0.3, 0.4) is 0 Å². The van der Waals surface area contributed by atoms with Crippen LogP contribution in [0.5, 0.6) is 11.5 Å². The number of fused-ring (bicyclic) bond motifs is 4. The van der Waals surface area contributed by atoms with E-state index >= 15 is 0 Å². The third-order valence-electron chi connectivity index (χ3n) is 4.98. The fraction of sp³-hybridized carbons (Fsp3) is 0.136. The Hall–Kier alpha value is -3.67. The normalized spacial score (nSPS) is 12.5. The van der Waals surface area contributed by atoms with E-state index in [1.54, 1.807) is 18.2 Å². The fourth-order valence-electron chi connectivity index (χ4n) is 3.74. The molecule has 2 N–H and O–H groups in total. The molecule has 0 radical (unpaired) electrons. The van der Waals surface area contributed by atoms with Gasteiger partial charge in [-0.05, 0) is 43.3 Å². The fourth-order valence-corrected chi connectivity index (χ4v) is 3.74. The van der Waals surface area contributed by atoms with Crippen LogP contribution >= 0.6 is 0 Å². The second-order valence-corrected chi connectivity index (χ2v) is 6.64. The summed E-state index contributed by atoms with van der Waals surface area (Å²) >= 11 is 0. The molecule has 0 saturated heterocycles. The van der Waals surface area contributed by atoms with E-state index in [4.69, 9.17) is 9.47 Å². The maximum absolute atomic E-state index is 12.4. The predicted octanol–water partition coefficient (Wildman–Crippen LogP) is 5.19. The quantitative estimate of drug-likeness (QED) is 0.520. The SMILES string of the molecule is CCn1c2ccccc2c2cc(NC(=O)Nc3ccc4c(c3)OCO4)ccc21. The minimum atomic E-state index is -0.308. The molecule has 0 saturated carbocycles. The van der Waals surface area contributed by atoms with Gasteiger partial charge in [0.05, 0.1) is 0 Å². The third kappa shape index (κ3) is 2.70. The zero-order chi connectivity index (χ0) is 19.1. The molecule has 4 aromatic rings. The molecule has 2 amide bonds. The number of anilines is 2. The molecular weight excluding hydrogens is 354 g/mol. The number of para-hydroxylation sites is 1. The molecule has 0 atom stereocenters. The van der Waals surface area contributed by atoms with Gasteiger partial charge >= 0.3 is 6.03 Å². The molecule has 0 bridgehead atoms. The molecule has 6 heteroatoms. The zero-order valence-electron chi connectivity index (χ0n) is 15.4. The summed E-state index contributed by atoms with van der Waals surface area (Å²) in [4.78, 5) is 12.4. The van der Waals surface area contributed by atoms with Crippen molar-refractivity contribution in [3.8, 4) is 11.5 Å². The maximum Gasteiger partial charge on any atom is 0.323 e. The van der Waals surface area contributed by atoms with E-state index in [0.29, 0.717) is 17.2 Å². The van der Waals surface area contributed by atoms with Gasteiger partial charge in [0, 0.05) is 45.8 Å². The Balaban J connectivity index is 1.42. The van der Waals surface area contributed by atoms with E-state index in [1.807, 2.05) is 24.3 Å². The minimum absolute atomic E-state index is 0.205. The summed E-state index contributed by atoms with van der Waals surface area (Å²) in [7, 11) is 0. The highest BCUT2D eigenvalue weighted by molar-refractivity contribution is 6.10. The summed E-state index contributed by atoms with van der Waals surface area (Å²) < 4.78 is 12.9. The molecule has 1 aliphatic rings. The molecule has 0 spiro atoms. The Morgan fingerprint density at radius 3 is 2.46 bits per heavy atom. The smallest absolute Gasteiger partial charge is 0.323 e. The number of rotatable bonds is 3. The Morgan fingerprint density at radius 1 is 0.893 bits per heavy atom. The lowest BCUT2D eigenvalue weighted by molar-refractivity contribution is 0.174. The van der Waals surface area contributed by atoms with Crippen molar-refractivity contribution in [2.24, 2.45) is 0 Å². The monoisotopic (exact) mass is 373 g/mol. The van der Waals surface area contributed by atoms with Gasteiger partial charge in [-0.2, -0.15) is 0 Å². The molecule has 140 valence electrons. The Bertz CT molecular complexity index is 1210. The number of ether oxygens (including phenoxy) is 2. The lowest BCUT2D eigenvalue weighted by atomic mass is 10.1. The molecule has 5 rings (SSSR count). The van der Waals surface area contributed by atoms with Crippen molar-refractivity contribution in [1.29, 1.82) is 0 Å². The molecule has 0 fully saturated rings. The molecule has 1 aromatic heterocycles. The van der Waals surface area contributed by atoms with Crippen molar-refractivity contribution in [3.63, 3.8) is 0 Å². The third-order valence-corrected chi connectivity index (χ3v) is 4.98. The molecule has 6 nitrogen and oxygen atoms in total. The van der Waals surface area contributed by atoms with Crippen LogP contribution in [0.4, 0.5) is 16.2 Å². The average Bonchev–Trinajstić information content (AvgIpc) is 3.29. The maximum atomic E-state index is 12.4. The van der Waals surface area contributed by atoms with Gasteiger partial charge in [-0.15, -0.1) is 0 Å². The van der Waals surface area contributed by atoms with Crippen molar-refractivity contribution in [2.45, 2.75) is 13.5 Å². The first-order chi connectivity index (χ1) is 13.7. The van der Waals surface area contributed by atoms with Crippen molar-refractivity contribution in [3.05, 3.63) is 60.7 Å². The highest BCUT2D eigenvalue weighted by atomic mass is 16.7. The van der Waals surface area contributed by atoms with Crippen molar-refractivity contribution < 1.29 is 14.3 Å². The lowest BCUT2D eigenvalue weighted by Crippen LogP contribution is -2.19. The molecule has 1 aliphatic heterocycles. The zero-order valence-corrected chi connectivity index (χ0v) is 15.4. The number of benzene rings is 3. The van der Waals surface area contributed by atoms with Crippen LogP contribution in [0, 0.1) is 0 Å². The van der Waals surface area contributed by atoms with Crippen molar-refractivity contribution in [1.82, 2.24) is 4.57 Å². The van der Waals surface area contributed by atoms with Gasteiger partial charge in [0.1, 0.15) is 0 Å². The molecule has 0 aliphatic carbocycles. The predicted molar refractivity (Wildman–Crippen MR) is 110 cm³/mol. The van der Waals surface area contributed by atoms with Gasteiger partial charge in [0.15, 0.2) is 11.5 Å². The molecule has 28 heavy (non-hydrogen) atoms. The molecule has 3 aromatic carbocycles. The number of nitrogens with one attached hydrogen (secondary N) is 2. The topological polar surface area (TPSA) is 64.5 Å². The first-order valence-corrected chi connectivity index (χ1v) is 9.21. The average molecular weight is 373 g/mol. The Labute approximate surface area is 161 Å². The van der Waals surface area contributed by atoms with Crippen LogP contribution in [-0.4, -0.2) is 17.4 Å². The minimum Gasteiger partial charge on any atom is -0.454 e. The number of nitrogens with zero attached hydrogens (tertiary/aromatic N) is 1. The Morgan fingerprint density at radius 2 is 1.61 bits per heavy atom. The van der Waals surface area contributed by atoms with Crippen LogP contribution in [0.2, 0.25) is 0 Å². The lowest BCUT2D eigenvalue weighted by Gasteiger charge is -2.09. The number of aryl methyl sites for hydroxylation is 1. The summed E-state index contributed by atoms with van der Waals surface area (Å²) in [5.74, 6) is 1.32. The van der Waals surface area contributed by atoms with Crippen LogP contribution in [0.1, 0.15) is 6.92 Å². The van der Waals surface area contributed by atoms with Gasteiger partial charge in [-0.1, -0.05) is 18.2 Å². The number of amides is 2. The van der Waals surface area contributed by atoms with E-state index < -0.39 is 0 Å². The molecule has 2 heterocycles. The van der Waals surface area contributed by atoms with Crippen LogP contribution in [0.15, 0.2) is 60.7 Å². The molecule has 0 unspecified atom stereocenters. The summed E-state index contributed by atoms with van der Waals surface area (Å²) in [5, 5.41) is 8.05. The van der Waals surface area contributed by atoms with Gasteiger partial charge in [-0.25, -0.2) is 4.79 Å². The standard InChI is InChI=1S/C22H19N3O3/c1-2-25-18-6-4-3-5-16(18)17-11-14(7-9-19(17)25)23-22(26)24-15-8-10-20-21(12-15)28-13-27-20/h3-12H,2,13H2,1H3,(H2,23,24,26). The molecular formula is C22H19N3O3. The second-order valence-electron chi connectivity index (χ2n) is 6.64. The van der Waals surface area contributed by atoms with E-state index in [2.05, 4.69) is 40.3 Å². The second kappa shape index (κ2) is 6.49. The van der Waals surface area contributed by atoms with Crippen molar-refractivity contribution in [2.75, 3.05) is 17.4 Å². The number of hydrogen-bond donors (Lipinski definition) is 2. The Kier molecular flexibility index (Phi) is 3.83. The van der Waals surface area contributed by atoms with E-state index in [-0.39, 0.29) is 12.8 Å². The summed E-state index contributed by atoms with van der Waals surface area (Å²) in [6.45, 7) is 3.23. The summed E-state index contributed by atoms with van der Waals surface area (Å²) in [5.41, 5.74) is 3.74. The van der Waals surface area contributed by atoms with E-state index in [0.717, 1.165) is 23.1 Å². The number of carbonyl (C=O) groups is 1. The number of hydrogen-bond acceptors (Lipinski definition) is 3. The van der Waals surface area contributed by atoms with E-state index in [9.17, 15) is 4.79 Å². The summed E-state index contributed by atoms with van der Waals surface area (Å²) in [6, 6.07) is 19.3. The number of aromatic nitrogens is 1. The highest BCUT2D eigenvalue weighted by Gasteiger charge is 2.15. The van der Waals surface area contributed by atoms with Crippen LogP contribution < -0.4 is 20.1 Å². The van der Waals surface area contributed by atoms with Crippen molar-refractivity contribution >= 4 is 39.2 Å². The first-order valence-electron chi connectivity index (χ1n) is 9.21. The van der Waals surface area contributed by atoms with E-state index in [1.165, 1.54) is 10.9 Å². The van der Waals surface area contributed by atoms with Crippen LogP contribution in [-0.2, 0) is 6.54 Å². The van der Waals surface area contributed by atoms with Gasteiger partial charge in [-0.3, -0.25) is 0 Å². The number of carbonyl (C=O) groups excluding carboxylic acids is 1. The van der Waals surface area contributed by atoms with Gasteiger partial charge in [0.2, 0.25) is 6.79 Å². The largest absolute Gasteiger partial charge is 0.454 e. The van der Waals surface area contributed by atoms with Crippen LogP contribution in [0.25, 0.3) is 21.8 Å². The van der Waals surface area contributed by atoms with Gasteiger partial charge in [0.25, 0.3) is 0 Å². The first kappa shape index (κ1) is 16.5.